The quantitative estimate of drug-likeness (QED) is 0.375. The standard InChI is InChI=1S/C15H25FN4O2S/c1-4-23(21,22)20-9-5-8-18-15(17-3)19-11-13-7-6-12(2)14(16)10-13/h6-7,10,20H,4-5,8-9,11H2,1-3H3,(H2,17,18,19). The van der Waals surface area contributed by atoms with Crippen molar-refractivity contribution in [2.75, 3.05) is 25.9 Å². The summed E-state index contributed by atoms with van der Waals surface area (Å²) in [6, 6.07) is 5.09. The molecule has 0 aliphatic heterocycles. The summed E-state index contributed by atoms with van der Waals surface area (Å²) < 4.78 is 38.5. The van der Waals surface area contributed by atoms with Gasteiger partial charge in [0, 0.05) is 26.7 Å². The summed E-state index contributed by atoms with van der Waals surface area (Å²) in [4.78, 5) is 4.07. The molecule has 6 nitrogen and oxygen atoms in total. The Morgan fingerprint density at radius 2 is 2.00 bits per heavy atom. The van der Waals surface area contributed by atoms with Crippen molar-refractivity contribution >= 4 is 16.0 Å². The van der Waals surface area contributed by atoms with Crippen LogP contribution in [0.2, 0.25) is 0 Å². The normalized spacial score (nSPS) is 12.3. The van der Waals surface area contributed by atoms with Gasteiger partial charge in [-0.3, -0.25) is 4.99 Å². The Hall–Kier alpha value is -1.67. The van der Waals surface area contributed by atoms with E-state index in [0.717, 1.165) is 5.56 Å². The lowest BCUT2D eigenvalue weighted by molar-refractivity contribution is 0.579. The molecule has 130 valence electrons. The van der Waals surface area contributed by atoms with Gasteiger partial charge in [-0.1, -0.05) is 12.1 Å². The van der Waals surface area contributed by atoms with Crippen LogP contribution < -0.4 is 15.4 Å². The minimum Gasteiger partial charge on any atom is -0.356 e. The van der Waals surface area contributed by atoms with E-state index in [1.165, 1.54) is 6.07 Å². The topological polar surface area (TPSA) is 82.6 Å². The van der Waals surface area contributed by atoms with Crippen LogP contribution in [0.5, 0.6) is 0 Å². The summed E-state index contributed by atoms with van der Waals surface area (Å²) in [5.41, 5.74) is 1.44. The summed E-state index contributed by atoms with van der Waals surface area (Å²) in [7, 11) is -1.50. The molecule has 0 unspecified atom stereocenters. The predicted octanol–water partition coefficient (Wildman–Crippen LogP) is 1.13. The molecule has 0 spiro atoms. The third-order valence-corrected chi connectivity index (χ3v) is 4.67. The molecule has 0 fully saturated rings. The minimum atomic E-state index is -3.14. The highest BCUT2D eigenvalue weighted by atomic mass is 32.2. The van der Waals surface area contributed by atoms with Crippen LogP contribution in [0, 0.1) is 12.7 Å². The second-order valence-electron chi connectivity index (χ2n) is 5.09. The van der Waals surface area contributed by atoms with Crippen molar-refractivity contribution < 1.29 is 12.8 Å². The molecule has 0 radical (unpaired) electrons. The number of rotatable bonds is 8. The van der Waals surface area contributed by atoms with Gasteiger partial charge in [-0.15, -0.1) is 0 Å². The number of benzene rings is 1. The van der Waals surface area contributed by atoms with E-state index in [-0.39, 0.29) is 11.6 Å². The summed E-state index contributed by atoms with van der Waals surface area (Å²) in [5, 5.41) is 6.16. The third kappa shape index (κ3) is 7.43. The molecule has 1 rings (SSSR count). The van der Waals surface area contributed by atoms with Crippen molar-refractivity contribution in [3.8, 4) is 0 Å². The summed E-state index contributed by atoms with van der Waals surface area (Å²) in [5.74, 6) is 0.441. The van der Waals surface area contributed by atoms with Crippen LogP contribution in [0.4, 0.5) is 4.39 Å². The molecular formula is C15H25FN4O2S. The largest absolute Gasteiger partial charge is 0.356 e. The SMILES string of the molecule is CCS(=O)(=O)NCCCNC(=NC)NCc1ccc(C)c(F)c1. The molecule has 23 heavy (non-hydrogen) atoms. The Labute approximate surface area is 137 Å². The molecular weight excluding hydrogens is 319 g/mol. The molecule has 0 aliphatic carbocycles. The number of nitrogens with zero attached hydrogens (tertiary/aromatic N) is 1. The fraction of sp³-hybridized carbons (Fsp3) is 0.533. The molecule has 0 aliphatic rings. The number of guanidine groups is 1. The van der Waals surface area contributed by atoms with Crippen LogP contribution in [-0.4, -0.2) is 40.3 Å². The van der Waals surface area contributed by atoms with Gasteiger partial charge in [-0.05, 0) is 37.5 Å². The first-order chi connectivity index (χ1) is 10.9. The van der Waals surface area contributed by atoms with E-state index in [9.17, 15) is 12.8 Å². The van der Waals surface area contributed by atoms with Crippen LogP contribution in [0.15, 0.2) is 23.2 Å². The second kappa shape index (κ2) is 9.46. The van der Waals surface area contributed by atoms with Gasteiger partial charge in [0.2, 0.25) is 10.0 Å². The number of hydrogen-bond acceptors (Lipinski definition) is 3. The highest BCUT2D eigenvalue weighted by Gasteiger charge is 2.05. The van der Waals surface area contributed by atoms with Gasteiger partial charge < -0.3 is 10.6 Å². The maximum absolute atomic E-state index is 13.5. The molecule has 1 aromatic rings. The number of aryl methyl sites for hydroxylation is 1. The van der Waals surface area contributed by atoms with Crippen LogP contribution in [0.3, 0.4) is 0 Å². The van der Waals surface area contributed by atoms with Crippen LogP contribution in [0.25, 0.3) is 0 Å². The zero-order valence-electron chi connectivity index (χ0n) is 13.8. The van der Waals surface area contributed by atoms with Crippen LogP contribution in [-0.2, 0) is 16.6 Å². The first-order valence-corrected chi connectivity index (χ1v) is 9.20. The lowest BCUT2D eigenvalue weighted by Gasteiger charge is -2.12. The smallest absolute Gasteiger partial charge is 0.211 e. The van der Waals surface area contributed by atoms with Crippen molar-refractivity contribution in [2.45, 2.75) is 26.8 Å². The first-order valence-electron chi connectivity index (χ1n) is 7.55. The van der Waals surface area contributed by atoms with Crippen molar-refractivity contribution in [1.29, 1.82) is 0 Å². The molecule has 0 saturated carbocycles. The summed E-state index contributed by atoms with van der Waals surface area (Å²) in [6.07, 6.45) is 0.638. The van der Waals surface area contributed by atoms with Crippen molar-refractivity contribution in [3.05, 3.63) is 35.1 Å². The number of nitrogens with one attached hydrogen (secondary N) is 3. The highest BCUT2D eigenvalue weighted by molar-refractivity contribution is 7.89. The van der Waals surface area contributed by atoms with E-state index in [1.807, 2.05) is 6.07 Å². The maximum atomic E-state index is 13.5. The average molecular weight is 344 g/mol. The van der Waals surface area contributed by atoms with E-state index in [0.29, 0.717) is 37.6 Å². The van der Waals surface area contributed by atoms with Gasteiger partial charge in [0.25, 0.3) is 0 Å². The highest BCUT2D eigenvalue weighted by Crippen LogP contribution is 2.08. The summed E-state index contributed by atoms with van der Waals surface area (Å²) >= 11 is 0. The summed E-state index contributed by atoms with van der Waals surface area (Å²) in [6.45, 7) is 4.73. The third-order valence-electron chi connectivity index (χ3n) is 3.27. The Morgan fingerprint density at radius 1 is 1.26 bits per heavy atom. The predicted molar refractivity (Wildman–Crippen MR) is 91.4 cm³/mol. The molecule has 0 atom stereocenters. The molecule has 0 heterocycles. The fourth-order valence-electron chi connectivity index (χ4n) is 1.78. The van der Waals surface area contributed by atoms with E-state index in [4.69, 9.17) is 0 Å². The van der Waals surface area contributed by atoms with Gasteiger partial charge in [-0.2, -0.15) is 0 Å². The number of sulfonamides is 1. The molecule has 0 aromatic heterocycles. The van der Waals surface area contributed by atoms with E-state index in [2.05, 4.69) is 20.3 Å². The molecule has 8 heteroatoms. The van der Waals surface area contributed by atoms with E-state index in [1.54, 1.807) is 27.0 Å². The van der Waals surface area contributed by atoms with E-state index < -0.39 is 10.0 Å². The average Bonchev–Trinajstić information content (AvgIpc) is 2.53. The van der Waals surface area contributed by atoms with Gasteiger partial charge in [0.05, 0.1) is 5.75 Å². The Balaban J connectivity index is 2.31. The Bertz CT molecular complexity index is 632. The van der Waals surface area contributed by atoms with Crippen molar-refractivity contribution in [2.24, 2.45) is 4.99 Å². The van der Waals surface area contributed by atoms with Crippen LogP contribution >= 0.6 is 0 Å². The van der Waals surface area contributed by atoms with Crippen molar-refractivity contribution in [1.82, 2.24) is 15.4 Å². The zero-order valence-corrected chi connectivity index (χ0v) is 14.6. The molecule has 0 saturated heterocycles. The maximum Gasteiger partial charge on any atom is 0.211 e. The minimum absolute atomic E-state index is 0.0801. The molecule has 3 N–H and O–H groups in total. The lowest BCUT2D eigenvalue weighted by atomic mass is 10.1. The first kappa shape index (κ1) is 19.4. The van der Waals surface area contributed by atoms with Crippen LogP contribution in [0.1, 0.15) is 24.5 Å². The lowest BCUT2D eigenvalue weighted by Crippen LogP contribution is -2.38. The monoisotopic (exact) mass is 344 g/mol. The zero-order chi connectivity index (χ0) is 17.3. The number of halogens is 1. The number of hydrogen-bond donors (Lipinski definition) is 3. The second-order valence-corrected chi connectivity index (χ2v) is 7.18. The molecule has 0 bridgehead atoms. The van der Waals surface area contributed by atoms with Gasteiger partial charge in [-0.25, -0.2) is 17.5 Å². The Morgan fingerprint density at radius 3 is 2.61 bits per heavy atom. The van der Waals surface area contributed by atoms with E-state index >= 15 is 0 Å². The van der Waals surface area contributed by atoms with Gasteiger partial charge in [0.15, 0.2) is 5.96 Å². The Kier molecular flexibility index (Phi) is 7.97. The van der Waals surface area contributed by atoms with Gasteiger partial charge in [0.1, 0.15) is 5.82 Å². The number of aliphatic imine (C=N–C) groups is 1. The molecule has 1 aromatic carbocycles. The molecule has 0 amide bonds. The fourth-order valence-corrected chi connectivity index (χ4v) is 2.44. The van der Waals surface area contributed by atoms with Gasteiger partial charge >= 0.3 is 0 Å². The van der Waals surface area contributed by atoms with Crippen molar-refractivity contribution in [3.63, 3.8) is 0 Å².